The molecule has 0 aliphatic rings. The number of para-hydroxylation sites is 2. The maximum absolute atomic E-state index is 5.90. The average molecular weight is 304 g/mol. The first-order valence-corrected chi connectivity index (χ1v) is 6.73. The van der Waals surface area contributed by atoms with Gasteiger partial charge in [0.1, 0.15) is 17.9 Å². The van der Waals surface area contributed by atoms with E-state index in [9.17, 15) is 0 Å². The summed E-state index contributed by atoms with van der Waals surface area (Å²) < 4.78 is 7.78. The van der Waals surface area contributed by atoms with Crippen molar-refractivity contribution in [2.24, 2.45) is 0 Å². The lowest BCUT2D eigenvalue weighted by Crippen LogP contribution is -2.10. The molecule has 21 heavy (non-hydrogen) atoms. The molecule has 0 atom stereocenters. The lowest BCUT2D eigenvalue weighted by atomic mass is 10.1. The third-order valence-corrected chi connectivity index (χ3v) is 3.38. The largest absolute Gasteiger partial charge is 0.491 e. The number of fused-ring (bicyclic) bond motifs is 1. The van der Waals surface area contributed by atoms with Crippen molar-refractivity contribution in [3.05, 3.63) is 53.6 Å². The highest BCUT2D eigenvalue weighted by Crippen LogP contribution is 2.22. The standard InChI is InChI=1S/C16H17N3O.ClH/c1-12-6-5-7-13(2)16(12)20-11-10-19-15-9-4-3-8-14(15)17-18-19;/h3-9H,10-11H2,1-2H3;1H. The Kier molecular flexibility index (Phi) is 4.81. The van der Waals surface area contributed by atoms with Crippen LogP contribution in [-0.2, 0) is 6.54 Å². The van der Waals surface area contributed by atoms with E-state index in [4.69, 9.17) is 4.74 Å². The lowest BCUT2D eigenvalue weighted by molar-refractivity contribution is 0.288. The van der Waals surface area contributed by atoms with Gasteiger partial charge in [0.05, 0.1) is 12.1 Å². The Hall–Kier alpha value is -2.07. The second kappa shape index (κ2) is 6.59. The highest BCUT2D eigenvalue weighted by atomic mass is 35.5. The van der Waals surface area contributed by atoms with Gasteiger partial charge in [-0.1, -0.05) is 35.5 Å². The molecule has 2 aromatic carbocycles. The zero-order valence-electron chi connectivity index (χ0n) is 12.1. The number of halogens is 1. The van der Waals surface area contributed by atoms with Crippen molar-refractivity contribution in [2.45, 2.75) is 20.4 Å². The lowest BCUT2D eigenvalue weighted by Gasteiger charge is -2.11. The van der Waals surface area contributed by atoms with Crippen LogP contribution in [0.15, 0.2) is 42.5 Å². The molecule has 3 aromatic rings. The number of nitrogens with zero attached hydrogens (tertiary/aromatic N) is 3. The van der Waals surface area contributed by atoms with E-state index >= 15 is 0 Å². The Labute approximate surface area is 130 Å². The molecule has 0 fully saturated rings. The van der Waals surface area contributed by atoms with Crippen LogP contribution in [-0.4, -0.2) is 21.6 Å². The van der Waals surface area contributed by atoms with E-state index in [0.29, 0.717) is 13.2 Å². The topological polar surface area (TPSA) is 39.9 Å². The SMILES string of the molecule is Cc1cccc(C)c1OCCn1nnc2ccccc21.Cl. The fourth-order valence-electron chi connectivity index (χ4n) is 2.34. The van der Waals surface area contributed by atoms with Crippen LogP contribution >= 0.6 is 12.4 Å². The zero-order chi connectivity index (χ0) is 13.9. The summed E-state index contributed by atoms with van der Waals surface area (Å²) in [6.45, 7) is 5.40. The Morgan fingerprint density at radius 1 is 1.00 bits per heavy atom. The minimum absolute atomic E-state index is 0. The van der Waals surface area contributed by atoms with Gasteiger partial charge in [-0.2, -0.15) is 0 Å². The number of ether oxygens (including phenoxy) is 1. The highest BCUT2D eigenvalue weighted by molar-refractivity contribution is 5.85. The van der Waals surface area contributed by atoms with Crippen LogP contribution in [0.2, 0.25) is 0 Å². The molecule has 5 heteroatoms. The number of hydrogen-bond donors (Lipinski definition) is 0. The summed E-state index contributed by atoms with van der Waals surface area (Å²) in [4.78, 5) is 0. The second-order valence-electron chi connectivity index (χ2n) is 4.87. The molecule has 0 radical (unpaired) electrons. The third kappa shape index (κ3) is 3.16. The van der Waals surface area contributed by atoms with Crippen LogP contribution in [0.4, 0.5) is 0 Å². The third-order valence-electron chi connectivity index (χ3n) is 3.38. The van der Waals surface area contributed by atoms with Crippen molar-refractivity contribution in [1.82, 2.24) is 15.0 Å². The van der Waals surface area contributed by atoms with Crippen molar-refractivity contribution in [3.8, 4) is 5.75 Å². The molecule has 0 saturated heterocycles. The Balaban J connectivity index is 0.00000161. The zero-order valence-corrected chi connectivity index (χ0v) is 12.9. The molecule has 4 nitrogen and oxygen atoms in total. The average Bonchev–Trinajstić information content (AvgIpc) is 2.86. The summed E-state index contributed by atoms with van der Waals surface area (Å²) in [7, 11) is 0. The van der Waals surface area contributed by atoms with Crippen molar-refractivity contribution >= 4 is 23.4 Å². The van der Waals surface area contributed by atoms with Gasteiger partial charge in [0, 0.05) is 0 Å². The fourth-order valence-corrected chi connectivity index (χ4v) is 2.34. The number of aromatic nitrogens is 3. The van der Waals surface area contributed by atoms with Gasteiger partial charge >= 0.3 is 0 Å². The Morgan fingerprint density at radius 3 is 2.48 bits per heavy atom. The van der Waals surface area contributed by atoms with E-state index < -0.39 is 0 Å². The molecule has 0 amide bonds. The molecule has 0 aliphatic heterocycles. The van der Waals surface area contributed by atoms with E-state index in [1.807, 2.05) is 35.0 Å². The summed E-state index contributed by atoms with van der Waals surface area (Å²) in [6, 6.07) is 14.1. The van der Waals surface area contributed by atoms with Crippen LogP contribution in [0.25, 0.3) is 11.0 Å². The van der Waals surface area contributed by atoms with E-state index in [0.717, 1.165) is 27.9 Å². The summed E-state index contributed by atoms with van der Waals surface area (Å²) in [6.07, 6.45) is 0. The summed E-state index contributed by atoms with van der Waals surface area (Å²) in [5, 5.41) is 8.29. The van der Waals surface area contributed by atoms with Crippen LogP contribution in [0.5, 0.6) is 5.75 Å². The van der Waals surface area contributed by atoms with E-state index in [1.54, 1.807) is 0 Å². The van der Waals surface area contributed by atoms with Gasteiger partial charge < -0.3 is 4.74 Å². The van der Waals surface area contributed by atoms with Gasteiger partial charge in [-0.15, -0.1) is 17.5 Å². The number of aryl methyl sites for hydroxylation is 2. The van der Waals surface area contributed by atoms with Gasteiger partial charge in [0.2, 0.25) is 0 Å². The van der Waals surface area contributed by atoms with Gasteiger partial charge in [-0.25, -0.2) is 4.68 Å². The molecule has 0 aliphatic carbocycles. The Bertz CT molecular complexity index is 719. The van der Waals surface area contributed by atoms with Gasteiger partial charge in [0.15, 0.2) is 0 Å². The van der Waals surface area contributed by atoms with Crippen molar-refractivity contribution in [3.63, 3.8) is 0 Å². The minimum atomic E-state index is 0. The molecule has 0 bridgehead atoms. The maximum atomic E-state index is 5.90. The molecule has 0 spiro atoms. The molecule has 3 rings (SSSR count). The summed E-state index contributed by atoms with van der Waals surface area (Å²) >= 11 is 0. The smallest absolute Gasteiger partial charge is 0.125 e. The molecule has 110 valence electrons. The van der Waals surface area contributed by atoms with Crippen LogP contribution in [0.3, 0.4) is 0 Å². The summed E-state index contributed by atoms with van der Waals surface area (Å²) in [5.41, 5.74) is 4.28. The molecule has 1 heterocycles. The molecular formula is C16H18ClN3O. The predicted molar refractivity (Wildman–Crippen MR) is 86.2 cm³/mol. The van der Waals surface area contributed by atoms with Crippen molar-refractivity contribution in [2.75, 3.05) is 6.61 Å². The number of rotatable bonds is 4. The van der Waals surface area contributed by atoms with E-state index in [1.165, 1.54) is 0 Å². The van der Waals surface area contributed by atoms with Crippen LogP contribution in [0.1, 0.15) is 11.1 Å². The van der Waals surface area contributed by atoms with Crippen LogP contribution < -0.4 is 4.74 Å². The van der Waals surface area contributed by atoms with Crippen molar-refractivity contribution < 1.29 is 4.74 Å². The molecular weight excluding hydrogens is 286 g/mol. The first-order chi connectivity index (χ1) is 9.75. The summed E-state index contributed by atoms with van der Waals surface area (Å²) in [5.74, 6) is 0.969. The first kappa shape index (κ1) is 15.3. The first-order valence-electron chi connectivity index (χ1n) is 6.73. The molecule has 0 saturated carbocycles. The number of hydrogen-bond acceptors (Lipinski definition) is 3. The van der Waals surface area contributed by atoms with Gasteiger partial charge in [-0.05, 0) is 37.1 Å². The minimum Gasteiger partial charge on any atom is -0.491 e. The van der Waals surface area contributed by atoms with E-state index in [2.05, 4.69) is 36.3 Å². The van der Waals surface area contributed by atoms with E-state index in [-0.39, 0.29) is 12.4 Å². The highest BCUT2D eigenvalue weighted by Gasteiger charge is 2.05. The second-order valence-corrected chi connectivity index (χ2v) is 4.87. The maximum Gasteiger partial charge on any atom is 0.125 e. The van der Waals surface area contributed by atoms with Crippen molar-refractivity contribution in [1.29, 1.82) is 0 Å². The quantitative estimate of drug-likeness (QED) is 0.740. The number of benzene rings is 2. The molecule has 0 unspecified atom stereocenters. The normalized spacial score (nSPS) is 10.4. The molecule has 1 aromatic heterocycles. The predicted octanol–water partition coefficient (Wildman–Crippen LogP) is 3.55. The molecule has 0 N–H and O–H groups in total. The fraction of sp³-hybridized carbons (Fsp3) is 0.250. The monoisotopic (exact) mass is 303 g/mol. The Morgan fingerprint density at radius 2 is 1.71 bits per heavy atom. The van der Waals surface area contributed by atoms with Gasteiger partial charge in [-0.3, -0.25) is 0 Å². The van der Waals surface area contributed by atoms with Gasteiger partial charge in [0.25, 0.3) is 0 Å². The van der Waals surface area contributed by atoms with Crippen LogP contribution in [0, 0.1) is 13.8 Å².